The summed E-state index contributed by atoms with van der Waals surface area (Å²) >= 11 is 0. The van der Waals surface area contributed by atoms with E-state index in [9.17, 15) is 24.3 Å². The van der Waals surface area contributed by atoms with E-state index in [1.54, 1.807) is 13.8 Å². The number of allylic oxidation sites excluding steroid dienone is 1. The average molecular weight is 699 g/mol. The van der Waals surface area contributed by atoms with Crippen LogP contribution in [0.1, 0.15) is 145 Å². The van der Waals surface area contributed by atoms with E-state index in [1.165, 1.54) is 18.4 Å². The number of hydrogen-bond donors (Lipinski definition) is 2. The molecule has 5 rings (SSSR count). The van der Waals surface area contributed by atoms with Crippen molar-refractivity contribution in [3.63, 3.8) is 0 Å². The minimum Gasteiger partial charge on any atom is -0.481 e. The summed E-state index contributed by atoms with van der Waals surface area (Å²) < 4.78 is 12.3. The van der Waals surface area contributed by atoms with Crippen LogP contribution in [0.2, 0.25) is 0 Å². The summed E-state index contributed by atoms with van der Waals surface area (Å²) in [6.45, 7) is 23.1. The Morgan fingerprint density at radius 1 is 0.720 bits per heavy atom. The third-order valence-electron chi connectivity index (χ3n) is 16.0. The molecule has 8 nitrogen and oxygen atoms in total. The zero-order valence-corrected chi connectivity index (χ0v) is 32.3. The van der Waals surface area contributed by atoms with Crippen LogP contribution in [-0.2, 0) is 28.7 Å². The third kappa shape index (κ3) is 6.68. The minimum atomic E-state index is -0.887. The number of fused-ring (bicyclic) bond motifs is 7. The highest BCUT2D eigenvalue weighted by atomic mass is 16.5. The van der Waals surface area contributed by atoms with Crippen molar-refractivity contribution < 1.29 is 38.9 Å². The molecule has 0 aromatic carbocycles. The summed E-state index contributed by atoms with van der Waals surface area (Å²) in [4.78, 5) is 48.3. The molecule has 0 radical (unpaired) electrons. The van der Waals surface area contributed by atoms with Crippen molar-refractivity contribution in [1.82, 2.24) is 0 Å². The molecule has 0 spiro atoms. The molecular formula is C42H66O8. The first kappa shape index (κ1) is 38.8. The number of carbonyl (C=O) groups excluding carboxylic acids is 2. The van der Waals surface area contributed by atoms with Gasteiger partial charge in [0.25, 0.3) is 0 Å². The van der Waals surface area contributed by atoms with Gasteiger partial charge in [-0.25, -0.2) is 0 Å². The van der Waals surface area contributed by atoms with Crippen LogP contribution in [0.3, 0.4) is 0 Å². The van der Waals surface area contributed by atoms with E-state index in [-0.39, 0.29) is 82.6 Å². The number of ether oxygens (including phenoxy) is 2. The number of hydrogen-bond acceptors (Lipinski definition) is 6. The molecule has 0 amide bonds. The second-order valence-electron chi connectivity index (χ2n) is 19.4. The number of carboxylic acid groups (broad SMARTS) is 2. The summed E-state index contributed by atoms with van der Waals surface area (Å²) in [7, 11) is 0. The molecule has 2 N–H and O–H groups in total. The van der Waals surface area contributed by atoms with Crippen molar-refractivity contribution in [3.8, 4) is 0 Å². The Morgan fingerprint density at radius 3 is 1.94 bits per heavy atom. The average Bonchev–Trinajstić information content (AvgIpc) is 3.37. The lowest BCUT2D eigenvalue weighted by Crippen LogP contribution is -2.67. The van der Waals surface area contributed by atoms with E-state index in [2.05, 4.69) is 48.1 Å². The molecule has 0 heterocycles. The van der Waals surface area contributed by atoms with Crippen molar-refractivity contribution in [2.75, 3.05) is 6.61 Å². The molecule has 0 bridgehead atoms. The molecule has 12 atom stereocenters. The third-order valence-corrected chi connectivity index (χ3v) is 16.0. The number of esters is 2. The smallest absolute Gasteiger partial charge is 0.306 e. The highest BCUT2D eigenvalue weighted by molar-refractivity contribution is 5.73. The van der Waals surface area contributed by atoms with Gasteiger partial charge in [-0.15, -0.1) is 0 Å². The topological polar surface area (TPSA) is 127 Å². The SMILES string of the molecule is C=C(C)[C@@H]1CC[C@]2(COC(=O)CC(C)CC(=O)O)CC[C@]3(C)[C@H](CC[C@@H]4[C@@]5(C)CC[C@H](OC(=O)CC(C)CC(=O)O)C(C)(C)[C@@H]5CC[C@]43C)[C@@H]12. The summed E-state index contributed by atoms with van der Waals surface area (Å²) in [6, 6.07) is 0. The number of carbonyl (C=O) groups is 4. The van der Waals surface area contributed by atoms with Crippen LogP contribution in [0.4, 0.5) is 0 Å². The van der Waals surface area contributed by atoms with Gasteiger partial charge < -0.3 is 19.7 Å². The van der Waals surface area contributed by atoms with Gasteiger partial charge in [0.15, 0.2) is 0 Å². The van der Waals surface area contributed by atoms with Crippen LogP contribution < -0.4 is 0 Å². The molecule has 2 unspecified atom stereocenters. The number of rotatable bonds is 12. The quantitative estimate of drug-likeness (QED) is 0.153. The van der Waals surface area contributed by atoms with Crippen molar-refractivity contribution in [1.29, 1.82) is 0 Å². The zero-order chi connectivity index (χ0) is 37.0. The summed E-state index contributed by atoms with van der Waals surface area (Å²) in [6.07, 6.45) is 10.8. The molecule has 0 saturated heterocycles. The maximum Gasteiger partial charge on any atom is 0.306 e. The van der Waals surface area contributed by atoms with E-state index >= 15 is 0 Å². The molecule has 5 aliphatic rings. The summed E-state index contributed by atoms with van der Waals surface area (Å²) in [5.41, 5.74) is 1.44. The first-order valence-electron chi connectivity index (χ1n) is 19.6. The van der Waals surface area contributed by atoms with Gasteiger partial charge in [0, 0.05) is 36.5 Å². The fourth-order valence-corrected chi connectivity index (χ4v) is 13.5. The van der Waals surface area contributed by atoms with Gasteiger partial charge in [0.2, 0.25) is 0 Å². The van der Waals surface area contributed by atoms with Crippen molar-refractivity contribution in [2.24, 2.45) is 68.5 Å². The molecule has 5 saturated carbocycles. The van der Waals surface area contributed by atoms with Crippen LogP contribution in [0, 0.1) is 68.5 Å². The predicted octanol–water partition coefficient (Wildman–Crippen LogP) is 9.10. The van der Waals surface area contributed by atoms with Crippen LogP contribution in [-0.4, -0.2) is 46.8 Å². The molecule has 0 aromatic rings. The predicted molar refractivity (Wildman–Crippen MR) is 192 cm³/mol. The first-order chi connectivity index (χ1) is 23.2. The van der Waals surface area contributed by atoms with Gasteiger partial charge in [-0.2, -0.15) is 0 Å². The fraction of sp³-hybridized carbons (Fsp3) is 0.857. The highest BCUT2D eigenvalue weighted by Crippen LogP contribution is 2.77. The number of carboxylic acids is 2. The minimum absolute atomic E-state index is 0.0298. The van der Waals surface area contributed by atoms with Gasteiger partial charge >= 0.3 is 23.9 Å². The van der Waals surface area contributed by atoms with Crippen molar-refractivity contribution in [3.05, 3.63) is 12.2 Å². The normalized spacial score (nSPS) is 41.3. The Bertz CT molecular complexity index is 1350. The molecule has 50 heavy (non-hydrogen) atoms. The van der Waals surface area contributed by atoms with E-state index < -0.39 is 11.9 Å². The van der Waals surface area contributed by atoms with E-state index in [1.807, 2.05) is 0 Å². The van der Waals surface area contributed by atoms with Gasteiger partial charge in [-0.1, -0.05) is 60.6 Å². The van der Waals surface area contributed by atoms with Crippen molar-refractivity contribution >= 4 is 23.9 Å². The van der Waals surface area contributed by atoms with E-state index in [0.717, 1.165) is 51.4 Å². The standard InChI is InChI=1S/C42H66O8/c1-25(2)28-12-17-42(24-49-35(47)22-26(3)20-33(43)44)19-18-40(8)29(37(28)42)10-11-31-39(7)15-14-32(50-36(48)23-27(4)21-34(45)46)38(5,6)30(39)13-16-41(31,40)9/h26-32,37H,1,10-24H2,2-9H3,(H,43,44)(H,45,46)/t26?,27?,28-,29+,30-,31+,32-,37+,39-,40+,41+,42+/m0/s1. The molecule has 0 aliphatic heterocycles. The Balaban J connectivity index is 1.35. The lowest BCUT2D eigenvalue weighted by atomic mass is 9.32. The Labute approximate surface area is 300 Å². The maximum atomic E-state index is 13.0. The van der Waals surface area contributed by atoms with Gasteiger partial charge in [-0.3, -0.25) is 19.2 Å². The summed E-state index contributed by atoms with van der Waals surface area (Å²) in [5.74, 6) is -0.482. The Hall–Kier alpha value is -2.38. The fourth-order valence-electron chi connectivity index (χ4n) is 13.5. The second kappa shape index (κ2) is 13.9. The van der Waals surface area contributed by atoms with Crippen LogP contribution >= 0.6 is 0 Å². The first-order valence-corrected chi connectivity index (χ1v) is 19.6. The lowest BCUT2D eigenvalue weighted by molar-refractivity contribution is -0.252. The Morgan fingerprint density at radius 2 is 1.34 bits per heavy atom. The monoisotopic (exact) mass is 698 g/mol. The molecule has 5 aliphatic carbocycles. The molecule has 8 heteroatoms. The van der Waals surface area contributed by atoms with Crippen LogP contribution in [0.25, 0.3) is 0 Å². The molecule has 282 valence electrons. The van der Waals surface area contributed by atoms with Gasteiger partial charge in [0.1, 0.15) is 6.10 Å². The van der Waals surface area contributed by atoms with Crippen molar-refractivity contribution in [2.45, 2.75) is 151 Å². The molecular weight excluding hydrogens is 632 g/mol. The molecule has 0 aromatic heterocycles. The maximum absolute atomic E-state index is 13.0. The number of aliphatic carboxylic acids is 2. The largest absolute Gasteiger partial charge is 0.481 e. The summed E-state index contributed by atoms with van der Waals surface area (Å²) in [5, 5.41) is 18.3. The highest BCUT2D eigenvalue weighted by Gasteiger charge is 2.71. The van der Waals surface area contributed by atoms with Crippen LogP contribution in [0.5, 0.6) is 0 Å². The zero-order valence-electron chi connectivity index (χ0n) is 32.3. The van der Waals surface area contributed by atoms with Gasteiger partial charge in [0.05, 0.1) is 6.61 Å². The molecule has 5 fully saturated rings. The second-order valence-corrected chi connectivity index (χ2v) is 19.4. The van der Waals surface area contributed by atoms with Crippen LogP contribution in [0.15, 0.2) is 12.2 Å². The van der Waals surface area contributed by atoms with Gasteiger partial charge in [-0.05, 0) is 129 Å². The van der Waals surface area contributed by atoms with E-state index in [0.29, 0.717) is 36.2 Å². The lowest BCUT2D eigenvalue weighted by Gasteiger charge is -2.73. The van der Waals surface area contributed by atoms with E-state index in [4.69, 9.17) is 14.6 Å². The Kier molecular flexibility index (Phi) is 10.8.